The second-order valence-electron chi connectivity index (χ2n) is 9.01. The maximum atomic E-state index is 13.7. The molecule has 1 unspecified atom stereocenters. The van der Waals surface area contributed by atoms with Crippen molar-refractivity contribution in [3.63, 3.8) is 0 Å². The highest BCUT2D eigenvalue weighted by molar-refractivity contribution is 7.89. The Morgan fingerprint density at radius 3 is 2.50 bits per heavy atom. The second kappa shape index (κ2) is 7.90. The van der Waals surface area contributed by atoms with Crippen LogP contribution in [-0.2, 0) is 19.6 Å². The number of hydrogen-bond acceptors (Lipinski definition) is 6. The number of likely N-dealkylation sites (tertiary alicyclic amines) is 1. The molecular weight excluding hydrogens is 432 g/mol. The van der Waals surface area contributed by atoms with Crippen LogP contribution in [0.4, 0.5) is 4.79 Å². The van der Waals surface area contributed by atoms with Crippen LogP contribution in [0.15, 0.2) is 64.3 Å². The highest BCUT2D eigenvalue weighted by Gasteiger charge is 2.55. The molecule has 32 heavy (non-hydrogen) atoms. The van der Waals surface area contributed by atoms with Gasteiger partial charge in [0.05, 0.1) is 22.8 Å². The Morgan fingerprint density at radius 2 is 1.88 bits per heavy atom. The fraction of sp³-hybridized carbons (Fsp3) is 0.391. The number of rotatable bonds is 3. The summed E-state index contributed by atoms with van der Waals surface area (Å²) in [4.78, 5) is 27.6. The molecule has 8 nitrogen and oxygen atoms in total. The molecule has 2 aliphatic rings. The van der Waals surface area contributed by atoms with Gasteiger partial charge in [-0.1, -0.05) is 24.3 Å². The standard InChI is InChI=1S/C23H26N2O6S/c1-22(2,3)31-21(27)25-13-11-23(20(25)26)16-24(12-9-19(23)17-10-14-30-15-17)32(28,29)18-7-5-4-6-8-18/h4-10,14-15H,11-13,16H2,1-3H3. The highest BCUT2D eigenvalue weighted by atomic mass is 32.2. The van der Waals surface area contributed by atoms with E-state index >= 15 is 0 Å². The van der Waals surface area contributed by atoms with E-state index in [0.29, 0.717) is 11.1 Å². The van der Waals surface area contributed by atoms with Crippen molar-refractivity contribution in [2.45, 2.75) is 37.7 Å². The van der Waals surface area contributed by atoms with Gasteiger partial charge in [0.1, 0.15) is 5.60 Å². The Morgan fingerprint density at radius 1 is 1.16 bits per heavy atom. The number of benzene rings is 1. The van der Waals surface area contributed by atoms with Crippen LogP contribution in [0, 0.1) is 5.41 Å². The third-order valence-electron chi connectivity index (χ3n) is 5.70. The molecule has 4 rings (SSSR count). The first kappa shape index (κ1) is 22.3. The first-order chi connectivity index (χ1) is 15.0. The molecule has 1 atom stereocenters. The van der Waals surface area contributed by atoms with Crippen molar-refractivity contribution >= 4 is 27.6 Å². The second-order valence-corrected chi connectivity index (χ2v) is 10.9. The number of carbonyl (C=O) groups is 2. The lowest BCUT2D eigenvalue weighted by Gasteiger charge is -2.38. The summed E-state index contributed by atoms with van der Waals surface area (Å²) in [6, 6.07) is 9.85. The minimum Gasteiger partial charge on any atom is -0.472 e. The van der Waals surface area contributed by atoms with E-state index in [1.165, 1.54) is 29.0 Å². The lowest BCUT2D eigenvalue weighted by molar-refractivity contribution is -0.133. The molecule has 3 heterocycles. The van der Waals surface area contributed by atoms with E-state index in [0.717, 1.165) is 4.90 Å². The zero-order valence-electron chi connectivity index (χ0n) is 18.3. The van der Waals surface area contributed by atoms with Crippen LogP contribution in [0.1, 0.15) is 32.8 Å². The van der Waals surface area contributed by atoms with Gasteiger partial charge in [-0.05, 0) is 51.0 Å². The summed E-state index contributed by atoms with van der Waals surface area (Å²) in [7, 11) is -3.83. The highest BCUT2D eigenvalue weighted by Crippen LogP contribution is 2.48. The topological polar surface area (TPSA) is 97.1 Å². The van der Waals surface area contributed by atoms with Crippen LogP contribution in [0.5, 0.6) is 0 Å². The lowest BCUT2D eigenvalue weighted by atomic mass is 9.74. The zero-order valence-corrected chi connectivity index (χ0v) is 19.1. The quantitative estimate of drug-likeness (QED) is 0.698. The lowest BCUT2D eigenvalue weighted by Crippen LogP contribution is -2.50. The molecule has 2 amide bonds. The van der Waals surface area contributed by atoms with Crippen LogP contribution < -0.4 is 0 Å². The number of imide groups is 1. The molecule has 1 saturated heterocycles. The van der Waals surface area contributed by atoms with Crippen LogP contribution in [0.3, 0.4) is 0 Å². The van der Waals surface area contributed by atoms with Gasteiger partial charge in [0.25, 0.3) is 0 Å². The number of carbonyl (C=O) groups excluding carboxylic acids is 2. The third kappa shape index (κ3) is 3.86. The van der Waals surface area contributed by atoms with Gasteiger partial charge in [-0.2, -0.15) is 4.31 Å². The minimum absolute atomic E-state index is 0.0701. The van der Waals surface area contributed by atoms with Crippen molar-refractivity contribution in [2.24, 2.45) is 5.41 Å². The smallest absolute Gasteiger partial charge is 0.417 e. The third-order valence-corrected chi connectivity index (χ3v) is 7.53. The van der Waals surface area contributed by atoms with Crippen molar-refractivity contribution in [2.75, 3.05) is 19.6 Å². The first-order valence-electron chi connectivity index (χ1n) is 10.4. The maximum absolute atomic E-state index is 13.7. The fourth-order valence-corrected chi connectivity index (χ4v) is 5.69. The van der Waals surface area contributed by atoms with Crippen LogP contribution in [0.2, 0.25) is 0 Å². The van der Waals surface area contributed by atoms with Gasteiger partial charge in [-0.15, -0.1) is 0 Å². The SMILES string of the molecule is CC(C)(C)OC(=O)N1CCC2(CN(S(=O)(=O)c3ccccc3)CC=C2c2ccoc2)C1=O. The summed E-state index contributed by atoms with van der Waals surface area (Å²) in [6.07, 6.45) is 4.32. The largest absolute Gasteiger partial charge is 0.472 e. The van der Waals surface area contributed by atoms with Gasteiger partial charge < -0.3 is 9.15 Å². The van der Waals surface area contributed by atoms with Gasteiger partial charge in [-0.3, -0.25) is 4.79 Å². The summed E-state index contributed by atoms with van der Waals surface area (Å²) in [5.74, 6) is -0.466. The van der Waals surface area contributed by atoms with Gasteiger partial charge in [-0.25, -0.2) is 18.1 Å². The minimum atomic E-state index is -3.83. The van der Waals surface area contributed by atoms with E-state index in [1.807, 2.05) is 0 Å². The van der Waals surface area contributed by atoms with Crippen LogP contribution in [-0.4, -0.2) is 54.9 Å². The average molecular weight is 459 g/mol. The molecule has 1 fully saturated rings. The van der Waals surface area contributed by atoms with Gasteiger partial charge in [0, 0.05) is 25.2 Å². The predicted molar refractivity (Wildman–Crippen MR) is 117 cm³/mol. The van der Waals surface area contributed by atoms with Gasteiger partial charge in [0.15, 0.2) is 0 Å². The fourth-order valence-electron chi connectivity index (χ4n) is 4.23. The summed E-state index contributed by atoms with van der Waals surface area (Å²) < 4.78 is 38.5. The predicted octanol–water partition coefficient (Wildman–Crippen LogP) is 3.52. The average Bonchev–Trinajstić information content (AvgIpc) is 3.37. The number of ether oxygens (including phenoxy) is 1. The molecular formula is C23H26N2O6S. The van der Waals surface area contributed by atoms with Crippen LogP contribution in [0.25, 0.3) is 5.57 Å². The maximum Gasteiger partial charge on any atom is 0.417 e. The molecule has 0 bridgehead atoms. The molecule has 0 aliphatic carbocycles. The van der Waals surface area contributed by atoms with Crippen molar-refractivity contribution in [3.8, 4) is 0 Å². The van der Waals surface area contributed by atoms with Crippen molar-refractivity contribution < 1.29 is 27.2 Å². The Hall–Kier alpha value is -2.91. The monoisotopic (exact) mass is 458 g/mol. The first-order valence-corrected chi connectivity index (χ1v) is 11.8. The van der Waals surface area contributed by atoms with Crippen molar-refractivity contribution in [1.82, 2.24) is 9.21 Å². The molecule has 9 heteroatoms. The molecule has 0 N–H and O–H groups in total. The van der Waals surface area contributed by atoms with Gasteiger partial charge in [0.2, 0.25) is 15.9 Å². The molecule has 0 radical (unpaired) electrons. The molecule has 2 aromatic rings. The Balaban J connectivity index is 1.73. The van der Waals surface area contributed by atoms with Gasteiger partial charge >= 0.3 is 6.09 Å². The summed E-state index contributed by atoms with van der Waals surface area (Å²) in [6.45, 7) is 5.37. The summed E-state index contributed by atoms with van der Waals surface area (Å²) in [5.41, 5.74) is -0.602. The Bertz CT molecular complexity index is 1150. The number of hydrogen-bond donors (Lipinski definition) is 0. The summed E-state index contributed by atoms with van der Waals surface area (Å²) >= 11 is 0. The number of nitrogens with zero attached hydrogens (tertiary/aromatic N) is 2. The number of furan rings is 1. The van der Waals surface area contributed by atoms with E-state index in [-0.39, 0.29) is 31.0 Å². The number of sulfonamides is 1. The zero-order chi connectivity index (χ0) is 23.1. The van der Waals surface area contributed by atoms with E-state index in [4.69, 9.17) is 9.15 Å². The van der Waals surface area contributed by atoms with Crippen LogP contribution >= 0.6 is 0 Å². The number of amides is 2. The van der Waals surface area contributed by atoms with E-state index in [9.17, 15) is 18.0 Å². The normalized spacial score (nSPS) is 22.3. The molecule has 1 spiro atoms. The molecule has 2 aliphatic heterocycles. The molecule has 0 saturated carbocycles. The molecule has 170 valence electrons. The van der Waals surface area contributed by atoms with Crippen molar-refractivity contribution in [1.29, 1.82) is 0 Å². The summed E-state index contributed by atoms with van der Waals surface area (Å²) in [5, 5.41) is 0. The molecule has 1 aromatic carbocycles. The molecule has 1 aromatic heterocycles. The Labute approximate surface area is 187 Å². The van der Waals surface area contributed by atoms with E-state index in [1.54, 1.807) is 51.1 Å². The van der Waals surface area contributed by atoms with E-state index in [2.05, 4.69) is 0 Å². The van der Waals surface area contributed by atoms with E-state index < -0.39 is 33.0 Å². The van der Waals surface area contributed by atoms with Crippen molar-refractivity contribution in [3.05, 3.63) is 60.6 Å². The Kier molecular flexibility index (Phi) is 5.50.